The first kappa shape index (κ1) is 20.9. The molecule has 6 nitrogen and oxygen atoms in total. The van der Waals surface area contributed by atoms with E-state index in [9.17, 15) is 19.1 Å². The molecule has 0 aliphatic heterocycles. The Labute approximate surface area is 172 Å². The minimum atomic E-state index is -1.17. The van der Waals surface area contributed by atoms with Gasteiger partial charge < -0.3 is 19.9 Å². The van der Waals surface area contributed by atoms with Crippen molar-refractivity contribution in [3.63, 3.8) is 0 Å². The van der Waals surface area contributed by atoms with E-state index in [0.717, 1.165) is 5.56 Å². The van der Waals surface area contributed by atoms with Gasteiger partial charge in [-0.1, -0.05) is 36.4 Å². The van der Waals surface area contributed by atoms with Gasteiger partial charge in [0.25, 0.3) is 5.91 Å². The number of rotatable bonds is 8. The second kappa shape index (κ2) is 9.56. The summed E-state index contributed by atoms with van der Waals surface area (Å²) in [5.74, 6) is -1.14. The zero-order chi connectivity index (χ0) is 21.5. The van der Waals surface area contributed by atoms with E-state index >= 15 is 0 Å². The molecule has 30 heavy (non-hydrogen) atoms. The van der Waals surface area contributed by atoms with Crippen LogP contribution in [0, 0.1) is 5.82 Å². The molecule has 0 bridgehead atoms. The second-order valence-electron chi connectivity index (χ2n) is 6.40. The minimum Gasteiger partial charge on any atom is -0.493 e. The molecule has 3 aromatic carbocycles. The van der Waals surface area contributed by atoms with Crippen molar-refractivity contribution in [2.75, 3.05) is 7.11 Å². The molecule has 0 aliphatic carbocycles. The third-order valence-electron chi connectivity index (χ3n) is 4.42. The van der Waals surface area contributed by atoms with Crippen molar-refractivity contribution < 1.29 is 28.6 Å². The quantitative estimate of drug-likeness (QED) is 0.587. The predicted octanol–water partition coefficient (Wildman–Crippen LogP) is 4.04. The molecule has 3 rings (SSSR count). The van der Waals surface area contributed by atoms with Crippen molar-refractivity contribution in [3.05, 3.63) is 94.8 Å². The zero-order valence-corrected chi connectivity index (χ0v) is 16.2. The lowest BCUT2D eigenvalue weighted by atomic mass is 10.1. The molecule has 0 radical (unpaired) electrons. The molecule has 0 unspecified atom stereocenters. The van der Waals surface area contributed by atoms with Gasteiger partial charge in [-0.15, -0.1) is 0 Å². The van der Waals surface area contributed by atoms with Crippen LogP contribution in [0.1, 0.15) is 31.8 Å². The highest BCUT2D eigenvalue weighted by atomic mass is 19.1. The summed E-state index contributed by atoms with van der Waals surface area (Å²) in [6, 6.07) is 17.4. The first-order chi connectivity index (χ1) is 14.5. The fraction of sp³-hybridized carbons (Fsp3) is 0.130. The van der Waals surface area contributed by atoms with E-state index in [4.69, 9.17) is 9.47 Å². The number of halogens is 1. The van der Waals surface area contributed by atoms with E-state index < -0.39 is 11.9 Å². The Morgan fingerprint density at radius 3 is 2.37 bits per heavy atom. The van der Waals surface area contributed by atoms with Crippen molar-refractivity contribution in [2.24, 2.45) is 0 Å². The van der Waals surface area contributed by atoms with Crippen LogP contribution in [-0.4, -0.2) is 24.1 Å². The second-order valence-corrected chi connectivity index (χ2v) is 6.40. The predicted molar refractivity (Wildman–Crippen MR) is 108 cm³/mol. The summed E-state index contributed by atoms with van der Waals surface area (Å²) >= 11 is 0. The average Bonchev–Trinajstić information content (AvgIpc) is 2.77. The summed E-state index contributed by atoms with van der Waals surface area (Å²) in [6.07, 6.45) is 0. The highest BCUT2D eigenvalue weighted by molar-refractivity contribution is 6.04. The summed E-state index contributed by atoms with van der Waals surface area (Å²) in [7, 11) is 1.48. The first-order valence-electron chi connectivity index (χ1n) is 9.13. The molecule has 7 heteroatoms. The molecule has 1 amide bonds. The number of hydrogen-bond donors (Lipinski definition) is 2. The summed E-state index contributed by atoms with van der Waals surface area (Å²) in [5.41, 5.74) is 1.17. The lowest BCUT2D eigenvalue weighted by molar-refractivity contribution is 0.0691. The number of benzene rings is 3. The Bertz CT molecular complexity index is 1070. The van der Waals surface area contributed by atoms with Gasteiger partial charge in [-0.3, -0.25) is 4.79 Å². The van der Waals surface area contributed by atoms with Crippen LogP contribution in [0.5, 0.6) is 11.5 Å². The number of ether oxygens (including phenoxy) is 2. The smallest absolute Gasteiger partial charge is 0.336 e. The number of hydrogen-bond acceptors (Lipinski definition) is 4. The third-order valence-corrected chi connectivity index (χ3v) is 4.42. The van der Waals surface area contributed by atoms with Gasteiger partial charge in [0.05, 0.1) is 18.2 Å². The van der Waals surface area contributed by atoms with Crippen LogP contribution in [0.4, 0.5) is 4.39 Å². The minimum absolute atomic E-state index is 0.0467. The van der Waals surface area contributed by atoms with Crippen molar-refractivity contribution >= 4 is 11.9 Å². The zero-order valence-electron chi connectivity index (χ0n) is 16.2. The lowest BCUT2D eigenvalue weighted by Gasteiger charge is -2.13. The molecular weight excluding hydrogens is 389 g/mol. The third kappa shape index (κ3) is 4.94. The maximum Gasteiger partial charge on any atom is 0.336 e. The fourth-order valence-corrected chi connectivity index (χ4v) is 2.86. The molecular formula is C23H20FNO5. The van der Waals surface area contributed by atoms with E-state index in [0.29, 0.717) is 17.1 Å². The van der Waals surface area contributed by atoms with Crippen LogP contribution in [-0.2, 0) is 13.2 Å². The van der Waals surface area contributed by atoms with Gasteiger partial charge in [0, 0.05) is 12.1 Å². The van der Waals surface area contributed by atoms with E-state index in [-0.39, 0.29) is 30.1 Å². The van der Waals surface area contributed by atoms with E-state index in [2.05, 4.69) is 5.32 Å². The maximum atomic E-state index is 13.7. The Morgan fingerprint density at radius 2 is 1.67 bits per heavy atom. The maximum absolute atomic E-state index is 13.7. The van der Waals surface area contributed by atoms with Crippen molar-refractivity contribution in [1.29, 1.82) is 0 Å². The summed E-state index contributed by atoms with van der Waals surface area (Å²) in [6.45, 7) is 0.210. The van der Waals surface area contributed by atoms with Gasteiger partial charge in [0.1, 0.15) is 12.4 Å². The number of methoxy groups -OCH3 is 1. The number of amides is 1. The van der Waals surface area contributed by atoms with E-state index in [1.54, 1.807) is 48.5 Å². The van der Waals surface area contributed by atoms with Crippen LogP contribution in [0.25, 0.3) is 0 Å². The number of aromatic carboxylic acids is 1. The highest BCUT2D eigenvalue weighted by Gasteiger charge is 2.16. The van der Waals surface area contributed by atoms with Gasteiger partial charge >= 0.3 is 5.97 Å². The standard InChI is InChI=1S/C23H20FNO5/c1-29-21-12-15(10-11-20(21)30-14-16-6-2-5-9-19(16)24)13-25-22(26)17-7-3-4-8-18(17)23(27)28/h2-12H,13-14H2,1H3,(H,25,26)(H,27,28). The summed E-state index contributed by atoms with van der Waals surface area (Å²) in [4.78, 5) is 23.7. The Balaban J connectivity index is 1.67. The molecule has 0 fully saturated rings. The van der Waals surface area contributed by atoms with Crippen molar-refractivity contribution in [2.45, 2.75) is 13.2 Å². The molecule has 0 atom stereocenters. The highest BCUT2D eigenvalue weighted by Crippen LogP contribution is 2.29. The van der Waals surface area contributed by atoms with Crippen LogP contribution < -0.4 is 14.8 Å². The molecule has 0 aliphatic rings. The number of carboxylic acid groups (broad SMARTS) is 1. The van der Waals surface area contributed by atoms with Gasteiger partial charge in [0.2, 0.25) is 0 Å². The molecule has 154 valence electrons. The van der Waals surface area contributed by atoms with Crippen LogP contribution in [0.15, 0.2) is 66.7 Å². The molecule has 3 aromatic rings. The lowest BCUT2D eigenvalue weighted by Crippen LogP contribution is -2.24. The first-order valence-corrected chi connectivity index (χ1v) is 9.13. The van der Waals surface area contributed by atoms with Gasteiger partial charge in [-0.05, 0) is 35.9 Å². The van der Waals surface area contributed by atoms with Crippen molar-refractivity contribution in [3.8, 4) is 11.5 Å². The Kier molecular flexibility index (Phi) is 6.64. The normalized spacial score (nSPS) is 10.3. The number of carbonyl (C=O) groups is 2. The molecule has 0 saturated carbocycles. The number of carbonyl (C=O) groups excluding carboxylic acids is 1. The average molecular weight is 409 g/mol. The summed E-state index contributed by atoms with van der Waals surface area (Å²) in [5, 5.41) is 11.9. The van der Waals surface area contributed by atoms with Crippen LogP contribution in [0.3, 0.4) is 0 Å². The fourth-order valence-electron chi connectivity index (χ4n) is 2.86. The largest absolute Gasteiger partial charge is 0.493 e. The van der Waals surface area contributed by atoms with E-state index in [1.807, 2.05) is 0 Å². The molecule has 0 saturated heterocycles. The number of nitrogens with one attached hydrogen (secondary N) is 1. The van der Waals surface area contributed by atoms with Gasteiger partial charge in [0.15, 0.2) is 11.5 Å². The SMILES string of the molecule is COc1cc(CNC(=O)c2ccccc2C(=O)O)ccc1OCc1ccccc1F. The molecule has 0 heterocycles. The summed E-state index contributed by atoms with van der Waals surface area (Å²) < 4.78 is 24.8. The molecule has 0 spiro atoms. The van der Waals surface area contributed by atoms with Crippen LogP contribution >= 0.6 is 0 Å². The molecule has 2 N–H and O–H groups in total. The molecule has 0 aromatic heterocycles. The number of carboxylic acids is 1. The topological polar surface area (TPSA) is 84.9 Å². The Hall–Kier alpha value is -3.87. The van der Waals surface area contributed by atoms with E-state index in [1.165, 1.54) is 25.3 Å². The van der Waals surface area contributed by atoms with Gasteiger partial charge in [-0.25, -0.2) is 9.18 Å². The van der Waals surface area contributed by atoms with Crippen LogP contribution in [0.2, 0.25) is 0 Å². The van der Waals surface area contributed by atoms with Crippen molar-refractivity contribution in [1.82, 2.24) is 5.32 Å². The Morgan fingerprint density at radius 1 is 0.967 bits per heavy atom. The monoisotopic (exact) mass is 409 g/mol. The van der Waals surface area contributed by atoms with Gasteiger partial charge in [-0.2, -0.15) is 0 Å².